The minimum Gasteiger partial charge on any atom is -0.400 e. The van der Waals surface area contributed by atoms with E-state index in [1.54, 1.807) is 10.8 Å². The number of nitrogens with one attached hydrogen (secondary N) is 1. The van der Waals surface area contributed by atoms with Gasteiger partial charge in [0.05, 0.1) is 0 Å². The Morgan fingerprint density at radius 3 is 1.82 bits per heavy atom. The zero-order chi connectivity index (χ0) is 22.8. The summed E-state index contributed by atoms with van der Waals surface area (Å²) in [6.45, 7) is 2.29. The zero-order valence-electron chi connectivity index (χ0n) is 20.0. The maximum atomic E-state index is 4.16. The lowest BCUT2D eigenvalue weighted by molar-refractivity contribution is 0.608. The van der Waals surface area contributed by atoms with Crippen molar-refractivity contribution in [1.29, 1.82) is 0 Å². The van der Waals surface area contributed by atoms with Crippen molar-refractivity contribution >= 4 is 24.3 Å². The first-order valence-electron chi connectivity index (χ1n) is 12.7. The average molecular weight is 452 g/mol. The largest absolute Gasteiger partial charge is 0.400 e. The van der Waals surface area contributed by atoms with E-state index in [2.05, 4.69) is 115 Å². The second kappa shape index (κ2) is 11.9. The molecule has 1 nitrogen and oxygen atoms in total. The van der Waals surface area contributed by atoms with Crippen LogP contribution >= 0.6 is 0 Å². The van der Waals surface area contributed by atoms with E-state index in [1.165, 1.54) is 61.0 Å². The lowest BCUT2D eigenvalue weighted by atomic mass is 10.1. The van der Waals surface area contributed by atoms with Crippen molar-refractivity contribution in [3.63, 3.8) is 0 Å². The number of hydrogen-bond acceptors (Lipinski definition) is 1. The Labute approximate surface area is 201 Å². The number of hydrogen-bond donors (Lipinski definition) is 1. The molecule has 1 aliphatic carbocycles. The zero-order valence-corrected chi connectivity index (χ0v) is 21.0. The molecule has 0 atom stereocenters. The van der Waals surface area contributed by atoms with E-state index < -0.39 is 8.24 Å². The van der Waals surface area contributed by atoms with Gasteiger partial charge in [0.15, 0.2) is 0 Å². The van der Waals surface area contributed by atoms with Crippen LogP contribution in [0.3, 0.4) is 0 Å². The van der Waals surface area contributed by atoms with Gasteiger partial charge in [0.2, 0.25) is 8.24 Å². The summed E-state index contributed by atoms with van der Waals surface area (Å²) in [6.07, 6.45) is 15.1. The summed E-state index contributed by atoms with van der Waals surface area (Å²) in [7, 11) is -2.43. The molecule has 0 aromatic heterocycles. The van der Waals surface area contributed by atoms with Gasteiger partial charge >= 0.3 is 0 Å². The predicted molar refractivity (Wildman–Crippen MR) is 147 cm³/mol. The highest BCUT2D eigenvalue weighted by molar-refractivity contribution is 7.09. The minimum absolute atomic E-state index is 1.04. The smallest absolute Gasteiger partial charge is 0.247 e. The van der Waals surface area contributed by atoms with Crippen molar-refractivity contribution in [2.45, 2.75) is 58.3 Å². The first-order valence-corrected chi connectivity index (χ1v) is 14.7. The van der Waals surface area contributed by atoms with Gasteiger partial charge < -0.3 is 4.98 Å². The van der Waals surface area contributed by atoms with E-state index >= 15 is 0 Å². The molecule has 0 unspecified atom stereocenters. The van der Waals surface area contributed by atoms with Crippen molar-refractivity contribution in [2.24, 2.45) is 0 Å². The third-order valence-corrected chi connectivity index (χ3v) is 11.3. The first-order chi connectivity index (χ1) is 16.3. The third-order valence-electron chi connectivity index (χ3n) is 6.80. The van der Waals surface area contributed by atoms with Crippen LogP contribution in [-0.2, 0) is 0 Å². The second-order valence-corrected chi connectivity index (χ2v) is 12.6. The molecular weight excluding hydrogens is 414 g/mol. The highest BCUT2D eigenvalue weighted by atomic mass is 28.3. The van der Waals surface area contributed by atoms with Crippen LogP contribution in [0.25, 0.3) is 0 Å². The molecule has 170 valence electrons. The van der Waals surface area contributed by atoms with Crippen LogP contribution in [0, 0.1) is 0 Å². The first kappa shape index (κ1) is 23.3. The molecule has 0 fully saturated rings. The molecule has 1 N–H and O–H groups in total. The summed E-state index contributed by atoms with van der Waals surface area (Å²) in [5.74, 6) is 0. The second-order valence-electron chi connectivity index (χ2n) is 9.10. The number of anilines is 1. The summed E-state index contributed by atoms with van der Waals surface area (Å²) in [5, 5.41) is 4.48. The van der Waals surface area contributed by atoms with E-state index in [0.717, 1.165) is 6.42 Å². The molecule has 0 radical (unpaired) electrons. The molecule has 4 rings (SSSR count). The highest BCUT2D eigenvalue weighted by Gasteiger charge is 2.43. The topological polar surface area (TPSA) is 12.0 Å². The number of rotatable bonds is 12. The maximum absolute atomic E-state index is 4.16. The van der Waals surface area contributed by atoms with Gasteiger partial charge in [-0.25, -0.2) is 0 Å². The lowest BCUT2D eigenvalue weighted by Crippen LogP contribution is -2.66. The van der Waals surface area contributed by atoms with E-state index in [0.29, 0.717) is 0 Å². The Morgan fingerprint density at radius 1 is 0.667 bits per heavy atom. The number of para-hydroxylation sites is 1. The molecule has 0 bridgehead atoms. The van der Waals surface area contributed by atoms with Crippen LogP contribution in [0.15, 0.2) is 114 Å². The molecule has 0 saturated heterocycles. The Kier molecular flexibility index (Phi) is 8.38. The average Bonchev–Trinajstić information content (AvgIpc) is 3.35. The maximum Gasteiger partial charge on any atom is 0.247 e. The van der Waals surface area contributed by atoms with E-state index in [-0.39, 0.29) is 0 Å². The van der Waals surface area contributed by atoms with Gasteiger partial charge in [0.1, 0.15) is 0 Å². The van der Waals surface area contributed by atoms with Crippen LogP contribution in [-0.4, -0.2) is 8.24 Å². The summed E-state index contributed by atoms with van der Waals surface area (Å²) < 4.78 is 0. The predicted octanol–water partition coefficient (Wildman–Crippen LogP) is 7.40. The van der Waals surface area contributed by atoms with Gasteiger partial charge in [-0.15, -0.1) is 0 Å². The fourth-order valence-corrected chi connectivity index (χ4v) is 9.69. The Hall–Kier alpha value is -2.84. The van der Waals surface area contributed by atoms with Gasteiger partial charge in [-0.1, -0.05) is 136 Å². The van der Waals surface area contributed by atoms with Crippen LogP contribution < -0.4 is 15.4 Å². The molecule has 0 spiro atoms. The molecule has 2 heteroatoms. The Balaban J connectivity index is 1.76. The van der Waals surface area contributed by atoms with Gasteiger partial charge in [-0.2, -0.15) is 0 Å². The monoisotopic (exact) mass is 451 g/mol. The van der Waals surface area contributed by atoms with E-state index in [9.17, 15) is 0 Å². The SMILES string of the molecule is CCCCCCCCC1=C([Si](Nc2ccccc2)(c2ccccc2)c2ccccc2)CC=C1. The molecule has 0 saturated carbocycles. The van der Waals surface area contributed by atoms with Gasteiger partial charge in [0.25, 0.3) is 0 Å². The molecule has 0 amide bonds. The Morgan fingerprint density at radius 2 is 1.21 bits per heavy atom. The van der Waals surface area contributed by atoms with Crippen molar-refractivity contribution < 1.29 is 0 Å². The summed E-state index contributed by atoms with van der Waals surface area (Å²) >= 11 is 0. The molecule has 3 aromatic carbocycles. The molecule has 33 heavy (non-hydrogen) atoms. The van der Waals surface area contributed by atoms with Crippen molar-refractivity contribution in [1.82, 2.24) is 0 Å². The summed E-state index contributed by atoms with van der Waals surface area (Å²) in [5.41, 5.74) is 2.77. The van der Waals surface area contributed by atoms with Gasteiger partial charge in [-0.05, 0) is 47.0 Å². The quantitative estimate of drug-likeness (QED) is 0.223. The van der Waals surface area contributed by atoms with Crippen LogP contribution in [0.1, 0.15) is 58.3 Å². The third kappa shape index (κ3) is 5.57. The molecule has 0 heterocycles. The number of unbranched alkanes of at least 4 members (excludes halogenated alkanes) is 5. The molecular formula is C31H37NSi. The lowest BCUT2D eigenvalue weighted by Gasteiger charge is -2.37. The minimum atomic E-state index is -2.43. The summed E-state index contributed by atoms with van der Waals surface area (Å²) in [6, 6.07) is 33.2. The van der Waals surface area contributed by atoms with Crippen LogP contribution in [0.4, 0.5) is 5.69 Å². The molecule has 3 aromatic rings. The number of allylic oxidation sites excluding steroid dienone is 4. The molecule has 0 aliphatic heterocycles. The van der Waals surface area contributed by atoms with Gasteiger partial charge in [0, 0.05) is 5.69 Å². The van der Waals surface area contributed by atoms with Crippen molar-refractivity contribution in [3.05, 3.63) is 114 Å². The van der Waals surface area contributed by atoms with Crippen LogP contribution in [0.5, 0.6) is 0 Å². The van der Waals surface area contributed by atoms with Crippen molar-refractivity contribution in [2.75, 3.05) is 4.98 Å². The highest BCUT2D eigenvalue weighted by Crippen LogP contribution is 2.32. The van der Waals surface area contributed by atoms with Gasteiger partial charge in [-0.3, -0.25) is 0 Å². The number of benzene rings is 3. The van der Waals surface area contributed by atoms with Crippen LogP contribution in [0.2, 0.25) is 0 Å². The molecule has 1 aliphatic rings. The van der Waals surface area contributed by atoms with E-state index in [4.69, 9.17) is 0 Å². The normalized spacial score (nSPS) is 13.5. The standard InChI is InChI=1S/C31H37NSi/c1-2-3-4-5-6-10-18-27-19-17-26-31(27)33(29-22-13-8-14-23-29,30-24-15-9-16-25-30)32-28-20-11-7-12-21-28/h7-9,11-17,19-25,32H,2-6,10,18,26H2,1H3. The fourth-order valence-electron chi connectivity index (χ4n) is 5.12. The van der Waals surface area contributed by atoms with E-state index in [1.807, 2.05) is 0 Å². The fraction of sp³-hybridized carbons (Fsp3) is 0.290. The summed E-state index contributed by atoms with van der Waals surface area (Å²) in [4.78, 5) is 4.16. The van der Waals surface area contributed by atoms with Crippen molar-refractivity contribution in [3.8, 4) is 0 Å². The Bertz CT molecular complexity index is 999.